The number of hydrogen-bond acceptors (Lipinski definition) is 1. The normalized spacial score (nSPS) is 11.3. The number of hydrogen-bond donors (Lipinski definition) is 0. The van der Waals surface area contributed by atoms with Crippen molar-refractivity contribution in [3.8, 4) is 0 Å². The van der Waals surface area contributed by atoms with E-state index in [-0.39, 0.29) is 0 Å². The van der Waals surface area contributed by atoms with Crippen molar-refractivity contribution in [3.05, 3.63) is 6.42 Å². The van der Waals surface area contributed by atoms with Crippen LogP contribution in [-0.2, 0) is 4.79 Å². The Balaban J connectivity index is 3.58. The zero-order valence-corrected chi connectivity index (χ0v) is 5.33. The van der Waals surface area contributed by atoms with Crippen molar-refractivity contribution in [3.63, 3.8) is 0 Å². The largest absolute Gasteiger partial charge is 0.300 e. The molecular formula is C4H5Cl2O. The average Bonchev–Trinajstić information content (AvgIpc) is 1.68. The molecule has 0 saturated carbocycles. The van der Waals surface area contributed by atoms with Crippen LogP contribution >= 0.6 is 23.2 Å². The maximum Gasteiger partial charge on any atom is 0.175 e. The SMILES string of the molecule is C[CH]C(Cl)(Cl)C=O. The van der Waals surface area contributed by atoms with Crippen LogP contribution in [0.4, 0.5) is 0 Å². The quantitative estimate of drug-likeness (QED) is 0.420. The van der Waals surface area contributed by atoms with Crippen LogP contribution in [-0.4, -0.2) is 10.6 Å². The summed E-state index contributed by atoms with van der Waals surface area (Å²) in [4.78, 5) is 9.76. The van der Waals surface area contributed by atoms with Gasteiger partial charge in [0.1, 0.15) is 0 Å². The van der Waals surface area contributed by atoms with Gasteiger partial charge in [0.15, 0.2) is 10.6 Å². The minimum absolute atomic E-state index is 0.468. The van der Waals surface area contributed by atoms with Gasteiger partial charge in [-0.2, -0.15) is 0 Å². The molecule has 0 N–H and O–H groups in total. The lowest BCUT2D eigenvalue weighted by molar-refractivity contribution is -0.107. The zero-order chi connectivity index (χ0) is 5.91. The second-order valence-electron chi connectivity index (χ2n) is 1.08. The van der Waals surface area contributed by atoms with E-state index >= 15 is 0 Å². The van der Waals surface area contributed by atoms with Crippen molar-refractivity contribution < 1.29 is 4.79 Å². The zero-order valence-electron chi connectivity index (χ0n) is 3.82. The first-order valence-corrected chi connectivity index (χ1v) is 2.52. The van der Waals surface area contributed by atoms with Gasteiger partial charge < -0.3 is 4.79 Å². The van der Waals surface area contributed by atoms with E-state index in [1.54, 1.807) is 6.92 Å². The topological polar surface area (TPSA) is 17.1 Å². The van der Waals surface area contributed by atoms with Crippen molar-refractivity contribution in [1.82, 2.24) is 0 Å². The fraction of sp³-hybridized carbons (Fsp3) is 0.500. The predicted octanol–water partition coefficient (Wildman–Crippen LogP) is 1.58. The summed E-state index contributed by atoms with van der Waals surface area (Å²) in [6.45, 7) is 1.62. The van der Waals surface area contributed by atoms with Gasteiger partial charge in [0.05, 0.1) is 0 Å². The second-order valence-corrected chi connectivity index (χ2v) is 2.53. The van der Waals surface area contributed by atoms with Crippen LogP contribution in [0, 0.1) is 6.42 Å². The van der Waals surface area contributed by atoms with Gasteiger partial charge in [-0.1, -0.05) is 30.1 Å². The van der Waals surface area contributed by atoms with Gasteiger partial charge in [-0.25, -0.2) is 0 Å². The lowest BCUT2D eigenvalue weighted by atomic mass is 10.4. The Hall–Kier alpha value is 0.250. The Kier molecular flexibility index (Phi) is 2.62. The number of aldehydes is 1. The molecule has 0 aromatic carbocycles. The fourth-order valence-electron chi connectivity index (χ4n) is 0.0680. The molecule has 0 unspecified atom stereocenters. The van der Waals surface area contributed by atoms with Crippen LogP contribution in [0.25, 0.3) is 0 Å². The minimum Gasteiger partial charge on any atom is -0.300 e. The van der Waals surface area contributed by atoms with Gasteiger partial charge >= 0.3 is 0 Å². The number of rotatable bonds is 2. The van der Waals surface area contributed by atoms with Crippen LogP contribution in [0.5, 0.6) is 0 Å². The minimum atomic E-state index is -1.28. The molecule has 0 heterocycles. The number of halogens is 2. The van der Waals surface area contributed by atoms with Gasteiger partial charge in [0.2, 0.25) is 0 Å². The van der Waals surface area contributed by atoms with E-state index in [1.165, 1.54) is 6.42 Å². The molecule has 41 valence electrons. The first-order chi connectivity index (χ1) is 3.12. The highest BCUT2D eigenvalue weighted by atomic mass is 35.5. The van der Waals surface area contributed by atoms with Crippen LogP contribution in [0.3, 0.4) is 0 Å². The molecule has 0 aliphatic carbocycles. The smallest absolute Gasteiger partial charge is 0.175 e. The molecule has 0 aliphatic heterocycles. The van der Waals surface area contributed by atoms with E-state index in [1.807, 2.05) is 0 Å². The second kappa shape index (κ2) is 2.53. The Morgan fingerprint density at radius 3 is 2.00 bits per heavy atom. The van der Waals surface area contributed by atoms with Crippen molar-refractivity contribution in [2.75, 3.05) is 0 Å². The molecule has 1 nitrogen and oxygen atoms in total. The molecule has 0 aromatic rings. The van der Waals surface area contributed by atoms with E-state index < -0.39 is 4.33 Å². The van der Waals surface area contributed by atoms with Gasteiger partial charge in [0, 0.05) is 6.42 Å². The molecule has 0 atom stereocenters. The molecule has 0 fully saturated rings. The third kappa shape index (κ3) is 2.89. The van der Waals surface area contributed by atoms with Gasteiger partial charge in [-0.3, -0.25) is 0 Å². The van der Waals surface area contributed by atoms with Crippen molar-refractivity contribution >= 4 is 29.5 Å². The summed E-state index contributed by atoms with van der Waals surface area (Å²) in [5.74, 6) is 0. The number of carbonyl (C=O) groups is 1. The summed E-state index contributed by atoms with van der Waals surface area (Å²) in [6.07, 6.45) is 1.87. The fourth-order valence-corrected chi connectivity index (χ4v) is 0.0680. The summed E-state index contributed by atoms with van der Waals surface area (Å²) in [5.41, 5.74) is 0. The molecule has 0 bridgehead atoms. The molecule has 1 radical (unpaired) electrons. The van der Waals surface area contributed by atoms with Gasteiger partial charge in [0.25, 0.3) is 0 Å². The van der Waals surface area contributed by atoms with Crippen LogP contribution < -0.4 is 0 Å². The van der Waals surface area contributed by atoms with Gasteiger partial charge in [-0.15, -0.1) is 0 Å². The summed E-state index contributed by atoms with van der Waals surface area (Å²) in [5, 5.41) is 0. The van der Waals surface area contributed by atoms with Crippen LogP contribution in [0.15, 0.2) is 0 Å². The molecule has 0 aromatic heterocycles. The Bertz CT molecular complexity index is 70.1. The van der Waals surface area contributed by atoms with E-state index in [2.05, 4.69) is 0 Å². The maximum atomic E-state index is 9.76. The molecule has 0 rings (SSSR count). The van der Waals surface area contributed by atoms with Crippen molar-refractivity contribution in [1.29, 1.82) is 0 Å². The average molecular weight is 140 g/mol. The van der Waals surface area contributed by atoms with E-state index in [0.717, 1.165) is 0 Å². The van der Waals surface area contributed by atoms with Crippen molar-refractivity contribution in [2.45, 2.75) is 11.3 Å². The molecule has 0 saturated heterocycles. The third-order valence-electron chi connectivity index (χ3n) is 0.542. The highest BCUT2D eigenvalue weighted by molar-refractivity contribution is 6.56. The molecular weight excluding hydrogens is 135 g/mol. The highest BCUT2D eigenvalue weighted by Gasteiger charge is 2.18. The molecule has 0 spiro atoms. The Labute approximate surface area is 52.6 Å². The first-order valence-electron chi connectivity index (χ1n) is 1.77. The van der Waals surface area contributed by atoms with Crippen LogP contribution in [0.1, 0.15) is 6.92 Å². The Morgan fingerprint density at radius 2 is 2.00 bits per heavy atom. The summed E-state index contributed by atoms with van der Waals surface area (Å²) >= 11 is 10.5. The highest BCUT2D eigenvalue weighted by Crippen LogP contribution is 2.19. The number of alkyl halides is 2. The standard InChI is InChI=1S/C4H5Cl2O/c1-2-4(5,6)3-7/h2-3H,1H3. The molecule has 3 heteroatoms. The van der Waals surface area contributed by atoms with Gasteiger partial charge in [-0.05, 0) is 0 Å². The maximum absolute atomic E-state index is 9.76. The van der Waals surface area contributed by atoms with Crippen LogP contribution in [0.2, 0.25) is 0 Å². The predicted molar refractivity (Wildman–Crippen MR) is 30.5 cm³/mol. The molecule has 0 amide bonds. The van der Waals surface area contributed by atoms with Crippen molar-refractivity contribution in [2.24, 2.45) is 0 Å². The summed E-state index contributed by atoms with van der Waals surface area (Å²) < 4.78 is -1.28. The lowest BCUT2D eigenvalue weighted by Gasteiger charge is -2.03. The monoisotopic (exact) mass is 139 g/mol. The Morgan fingerprint density at radius 1 is 1.57 bits per heavy atom. The van der Waals surface area contributed by atoms with E-state index in [0.29, 0.717) is 6.29 Å². The summed E-state index contributed by atoms with van der Waals surface area (Å²) in [7, 11) is 0. The van der Waals surface area contributed by atoms with E-state index in [9.17, 15) is 4.79 Å². The first kappa shape index (κ1) is 7.25. The van der Waals surface area contributed by atoms with E-state index in [4.69, 9.17) is 23.2 Å². The number of carbonyl (C=O) groups excluding carboxylic acids is 1. The third-order valence-corrected chi connectivity index (χ3v) is 1.16. The summed E-state index contributed by atoms with van der Waals surface area (Å²) in [6, 6.07) is 0. The molecule has 0 aliphatic rings. The lowest BCUT2D eigenvalue weighted by Crippen LogP contribution is -2.12. The molecule has 7 heavy (non-hydrogen) atoms.